The van der Waals surface area contributed by atoms with Crippen molar-refractivity contribution in [3.63, 3.8) is 0 Å². The van der Waals surface area contributed by atoms with Crippen LogP contribution in [-0.4, -0.2) is 105 Å². The molecule has 0 bridgehead atoms. The highest BCUT2D eigenvalue weighted by molar-refractivity contribution is 7.90. The van der Waals surface area contributed by atoms with E-state index in [0.717, 1.165) is 79.0 Å². The lowest BCUT2D eigenvalue weighted by Gasteiger charge is -2.34. The Bertz CT molecular complexity index is 2330. The van der Waals surface area contributed by atoms with Crippen LogP contribution in [0.15, 0.2) is 58.5 Å². The van der Waals surface area contributed by atoms with Crippen LogP contribution in [0.4, 0.5) is 10.5 Å². The predicted molar refractivity (Wildman–Crippen MR) is 250 cm³/mol. The van der Waals surface area contributed by atoms with Gasteiger partial charge in [-0.3, -0.25) is 24.3 Å². The molecule has 0 radical (unpaired) electrons. The van der Waals surface area contributed by atoms with Crippen LogP contribution in [0.5, 0.6) is 0 Å². The van der Waals surface area contributed by atoms with Crippen molar-refractivity contribution in [3.8, 4) is 0 Å². The third-order valence-corrected chi connectivity index (χ3v) is 17.2. The number of aryl methyl sites for hydroxylation is 2. The van der Waals surface area contributed by atoms with Gasteiger partial charge in [0.1, 0.15) is 29.4 Å². The summed E-state index contributed by atoms with van der Waals surface area (Å²) >= 11 is 0. The van der Waals surface area contributed by atoms with Crippen LogP contribution in [0, 0.1) is 37.5 Å². The highest BCUT2D eigenvalue weighted by atomic mass is 32.2. The van der Waals surface area contributed by atoms with Crippen molar-refractivity contribution >= 4 is 55.7 Å². The Balaban J connectivity index is 0.000000153. The minimum atomic E-state index is -3.82. The SMILES string of the molecule is CC1CCC(C2=NC3(CCNCC3)C(=O)N2)CC1.Cc1ccccc1CNS(=O)(=O)N1CCOC1=O.Cc1ccccc1NS(=O)(=O)N1CCC2(CC1)N=C(C1CCC(C)CC1)NC2=O. The summed E-state index contributed by atoms with van der Waals surface area (Å²) in [6, 6.07) is 14.7. The lowest BCUT2D eigenvalue weighted by atomic mass is 9.82. The lowest BCUT2D eigenvalue weighted by Crippen LogP contribution is -2.51. The van der Waals surface area contributed by atoms with E-state index < -0.39 is 37.6 Å². The molecule has 7 aliphatic rings. The van der Waals surface area contributed by atoms with Gasteiger partial charge in [-0.25, -0.2) is 4.79 Å². The van der Waals surface area contributed by atoms with Crippen molar-refractivity contribution in [3.05, 3.63) is 65.2 Å². The predicted octanol–water partition coefficient (Wildman–Crippen LogP) is 5.09. The molecule has 2 aliphatic carbocycles. The number of piperidine rings is 2. The van der Waals surface area contributed by atoms with Crippen molar-refractivity contribution in [1.29, 1.82) is 0 Å². The number of carbonyl (C=O) groups excluding carboxylic acids is 3. The molecule has 356 valence electrons. The fraction of sp³-hybridized carbons (Fsp3) is 0.630. The molecule has 2 aromatic carbocycles. The fourth-order valence-corrected chi connectivity index (χ4v) is 12.1. The first-order valence-corrected chi connectivity index (χ1v) is 26.2. The van der Waals surface area contributed by atoms with Crippen LogP contribution in [0.3, 0.4) is 0 Å². The molecule has 9 rings (SSSR count). The van der Waals surface area contributed by atoms with Gasteiger partial charge in [0.2, 0.25) is 0 Å². The lowest BCUT2D eigenvalue weighted by molar-refractivity contribution is -0.125. The normalized spacial score (nSPS) is 26.5. The summed E-state index contributed by atoms with van der Waals surface area (Å²) in [4.78, 5) is 45.8. The number of cyclic esters (lactones) is 1. The van der Waals surface area contributed by atoms with Crippen molar-refractivity contribution in [2.24, 2.45) is 33.7 Å². The summed E-state index contributed by atoms with van der Waals surface area (Å²) in [5.74, 6) is 4.33. The Morgan fingerprint density at radius 1 is 0.677 bits per heavy atom. The van der Waals surface area contributed by atoms with Crippen LogP contribution < -0.4 is 25.4 Å². The van der Waals surface area contributed by atoms with Crippen molar-refractivity contribution in [2.45, 2.75) is 122 Å². The standard InChI is InChI=1S/C21H30N4O3S.C14H23N3O.C11H14N2O4S/c1-15-7-9-17(10-8-15)19-22-20(26)21(23-19)11-13-25(14-12-21)29(27,28)24-18-6-4-3-5-16(18)2;1-10-2-4-11(5-3-10)12-16-13(18)14(17-12)6-8-15-9-7-14;1-9-4-2-3-5-10(9)8-12-18(15,16)13-6-7-17-11(13)14/h3-6,15,17,24H,7-14H2,1-2H3,(H,22,23,26);10-11,15H,2-9H2,1H3,(H,16,17,18);2-5,12H,6-8H2,1H3. The van der Waals surface area contributed by atoms with E-state index in [1.54, 1.807) is 12.1 Å². The minimum Gasteiger partial charge on any atom is -0.447 e. The molecule has 5 heterocycles. The fourth-order valence-electron chi connectivity index (χ4n) is 9.70. The quantitative estimate of drug-likeness (QED) is 0.226. The van der Waals surface area contributed by atoms with Crippen LogP contribution in [0.1, 0.15) is 108 Å². The number of hydrogen-bond acceptors (Lipinski definition) is 11. The van der Waals surface area contributed by atoms with E-state index in [4.69, 9.17) is 9.98 Å². The first-order chi connectivity index (χ1) is 31.0. The number of rotatable bonds is 9. The van der Waals surface area contributed by atoms with E-state index in [-0.39, 0.29) is 44.6 Å². The second-order valence-corrected chi connectivity index (χ2v) is 22.2. The number of benzene rings is 2. The molecule has 3 saturated heterocycles. The van der Waals surface area contributed by atoms with Crippen LogP contribution in [0.25, 0.3) is 0 Å². The van der Waals surface area contributed by atoms with Gasteiger partial charge in [0.25, 0.3) is 11.8 Å². The topological polar surface area (TPSA) is 220 Å². The number of para-hydroxylation sites is 1. The number of hydrogen-bond donors (Lipinski definition) is 5. The molecule has 0 aromatic heterocycles. The number of nitrogens with zero attached hydrogens (tertiary/aromatic N) is 4. The molecule has 0 atom stereocenters. The van der Waals surface area contributed by atoms with Gasteiger partial charge in [-0.2, -0.15) is 30.2 Å². The third kappa shape index (κ3) is 11.6. The van der Waals surface area contributed by atoms with E-state index in [0.29, 0.717) is 34.7 Å². The number of ether oxygens (including phenoxy) is 1. The number of amidine groups is 2. The Hall–Kier alpha value is -4.43. The molecule has 2 spiro atoms. The maximum absolute atomic E-state index is 12.8. The average molecular weight is 938 g/mol. The van der Waals surface area contributed by atoms with Crippen LogP contribution in [0.2, 0.25) is 0 Å². The largest absolute Gasteiger partial charge is 0.447 e. The second-order valence-electron chi connectivity index (χ2n) is 18.9. The monoisotopic (exact) mass is 937 g/mol. The molecular weight excluding hydrogens is 871 g/mol. The molecule has 5 N–H and O–H groups in total. The molecular formula is C46H67N9O8S2. The Morgan fingerprint density at radius 3 is 1.69 bits per heavy atom. The molecule has 17 nitrogen and oxygen atoms in total. The summed E-state index contributed by atoms with van der Waals surface area (Å²) in [5, 5.41) is 9.42. The average Bonchev–Trinajstić information content (AvgIpc) is 3.97. The molecule has 5 aliphatic heterocycles. The van der Waals surface area contributed by atoms with E-state index in [9.17, 15) is 31.2 Å². The maximum atomic E-state index is 12.8. The number of amides is 3. The maximum Gasteiger partial charge on any atom is 0.424 e. The highest BCUT2D eigenvalue weighted by Gasteiger charge is 2.49. The van der Waals surface area contributed by atoms with Crippen LogP contribution >= 0.6 is 0 Å². The molecule has 19 heteroatoms. The number of aliphatic imine (C=N–C) groups is 2. The van der Waals surface area contributed by atoms with Crippen LogP contribution in [-0.2, 0) is 41.3 Å². The van der Waals surface area contributed by atoms with Crippen molar-refractivity contribution < 1.29 is 36.0 Å². The molecule has 65 heavy (non-hydrogen) atoms. The van der Waals surface area contributed by atoms with Crippen molar-refractivity contribution in [1.82, 2.24) is 29.3 Å². The van der Waals surface area contributed by atoms with Gasteiger partial charge in [0.15, 0.2) is 0 Å². The van der Waals surface area contributed by atoms with Gasteiger partial charge in [-0.15, -0.1) is 0 Å². The number of anilines is 1. The summed E-state index contributed by atoms with van der Waals surface area (Å²) in [6.07, 6.45) is 11.1. The van der Waals surface area contributed by atoms with Gasteiger partial charge in [0, 0.05) is 31.5 Å². The van der Waals surface area contributed by atoms with Gasteiger partial charge in [-0.05, 0) is 113 Å². The minimum absolute atomic E-state index is 0.0575. The van der Waals surface area contributed by atoms with Gasteiger partial charge >= 0.3 is 26.5 Å². The second kappa shape index (κ2) is 20.6. The third-order valence-electron chi connectivity index (χ3n) is 14.2. The van der Waals surface area contributed by atoms with Crippen molar-refractivity contribution in [2.75, 3.05) is 44.1 Å². The number of carbonyl (C=O) groups is 3. The summed E-state index contributed by atoms with van der Waals surface area (Å²) < 4.78 is 61.1. The first-order valence-electron chi connectivity index (χ1n) is 23.3. The van der Waals surface area contributed by atoms with E-state index >= 15 is 0 Å². The zero-order chi connectivity index (χ0) is 46.4. The van der Waals surface area contributed by atoms with E-state index in [2.05, 4.69) is 44.0 Å². The van der Waals surface area contributed by atoms with Gasteiger partial charge in [0.05, 0.1) is 12.2 Å². The zero-order valence-corrected chi connectivity index (χ0v) is 39.9. The zero-order valence-electron chi connectivity index (χ0n) is 38.2. The highest BCUT2D eigenvalue weighted by Crippen LogP contribution is 2.37. The number of nitrogens with one attached hydrogen (secondary N) is 5. The summed E-state index contributed by atoms with van der Waals surface area (Å²) in [7, 11) is -7.47. The van der Waals surface area contributed by atoms with Gasteiger partial charge < -0.3 is 20.7 Å². The molecule has 0 unspecified atom stereocenters. The molecule has 2 aromatic rings. The van der Waals surface area contributed by atoms with Gasteiger partial charge in [-0.1, -0.05) is 82.0 Å². The summed E-state index contributed by atoms with van der Waals surface area (Å²) in [5.41, 5.74) is 2.09. The molecule has 2 saturated carbocycles. The summed E-state index contributed by atoms with van der Waals surface area (Å²) in [6.45, 7) is 11.1. The first kappa shape index (κ1) is 48.5. The van der Waals surface area contributed by atoms with E-state index in [1.807, 2.05) is 50.2 Å². The molecule has 3 amide bonds. The molecule has 5 fully saturated rings. The Labute approximate surface area is 384 Å². The Kier molecular flexibility index (Phi) is 15.4. The smallest absolute Gasteiger partial charge is 0.424 e. The van der Waals surface area contributed by atoms with E-state index in [1.165, 1.54) is 42.8 Å². The Morgan fingerprint density at radius 2 is 1.18 bits per heavy atom.